The summed E-state index contributed by atoms with van der Waals surface area (Å²) in [4.78, 5) is 40.1. The molecule has 1 atom stereocenters. The van der Waals surface area contributed by atoms with Crippen molar-refractivity contribution in [1.82, 2.24) is 4.90 Å². The Hall–Kier alpha value is -2.67. The molecule has 1 aliphatic heterocycles. The molecule has 3 amide bonds. The maximum Gasteiger partial charge on any atom is 0.264 e. The second-order valence-electron chi connectivity index (χ2n) is 7.83. The summed E-state index contributed by atoms with van der Waals surface area (Å²) in [6.45, 7) is 2.95. The SMILES string of the molecule is Cc1cc(NC(=O)C2CC2)sc1C(=O)N1CCCC(C(=O)Nc2ccccc2)C1. The van der Waals surface area contributed by atoms with Gasteiger partial charge in [0.15, 0.2) is 0 Å². The Morgan fingerprint density at radius 3 is 2.45 bits per heavy atom. The van der Waals surface area contributed by atoms with Crippen molar-refractivity contribution in [2.45, 2.75) is 32.6 Å². The number of para-hydroxylation sites is 1. The van der Waals surface area contributed by atoms with Gasteiger partial charge < -0.3 is 15.5 Å². The molecule has 1 saturated heterocycles. The van der Waals surface area contributed by atoms with E-state index in [-0.39, 0.29) is 29.6 Å². The van der Waals surface area contributed by atoms with Gasteiger partial charge in [0, 0.05) is 24.7 Å². The first kappa shape index (κ1) is 19.6. The molecule has 152 valence electrons. The van der Waals surface area contributed by atoms with Crippen molar-refractivity contribution in [3.8, 4) is 0 Å². The predicted molar refractivity (Wildman–Crippen MR) is 114 cm³/mol. The predicted octanol–water partition coefficient (Wildman–Crippen LogP) is 3.90. The molecule has 0 radical (unpaired) electrons. The molecule has 0 spiro atoms. The minimum absolute atomic E-state index is 0.0425. The summed E-state index contributed by atoms with van der Waals surface area (Å²) in [5.41, 5.74) is 1.63. The fourth-order valence-corrected chi connectivity index (χ4v) is 4.65. The first-order valence-electron chi connectivity index (χ1n) is 10.1. The molecule has 1 aromatic heterocycles. The first-order chi connectivity index (χ1) is 14.0. The third kappa shape index (κ3) is 4.67. The quantitative estimate of drug-likeness (QED) is 0.783. The van der Waals surface area contributed by atoms with Crippen LogP contribution in [0.5, 0.6) is 0 Å². The van der Waals surface area contributed by atoms with Crippen molar-refractivity contribution in [3.63, 3.8) is 0 Å². The molecule has 7 heteroatoms. The van der Waals surface area contributed by atoms with Crippen molar-refractivity contribution < 1.29 is 14.4 Å². The van der Waals surface area contributed by atoms with Crippen LogP contribution in [-0.2, 0) is 9.59 Å². The van der Waals surface area contributed by atoms with E-state index in [2.05, 4.69) is 10.6 Å². The van der Waals surface area contributed by atoms with Crippen LogP contribution in [0.25, 0.3) is 0 Å². The molecule has 6 nitrogen and oxygen atoms in total. The number of hydrogen-bond acceptors (Lipinski definition) is 4. The topological polar surface area (TPSA) is 78.5 Å². The van der Waals surface area contributed by atoms with Gasteiger partial charge in [-0.15, -0.1) is 11.3 Å². The standard InChI is InChI=1S/C22H25N3O3S/c1-14-12-18(24-20(26)15-9-10-15)29-19(14)22(28)25-11-5-6-16(13-25)21(27)23-17-7-3-2-4-8-17/h2-4,7-8,12,15-16H,5-6,9-11,13H2,1H3,(H,23,27)(H,24,26). The number of nitrogens with one attached hydrogen (secondary N) is 2. The van der Waals surface area contributed by atoms with Crippen molar-refractivity contribution in [3.05, 3.63) is 46.8 Å². The van der Waals surface area contributed by atoms with E-state index < -0.39 is 0 Å². The number of nitrogens with zero attached hydrogens (tertiary/aromatic N) is 1. The van der Waals surface area contributed by atoms with E-state index in [1.165, 1.54) is 11.3 Å². The molecule has 1 aliphatic carbocycles. The Bertz CT molecular complexity index is 921. The normalized spacial score (nSPS) is 18.9. The molecule has 1 unspecified atom stereocenters. The van der Waals surface area contributed by atoms with Crippen LogP contribution in [0, 0.1) is 18.8 Å². The zero-order valence-electron chi connectivity index (χ0n) is 16.4. The molecule has 2 heterocycles. The monoisotopic (exact) mass is 411 g/mol. The summed E-state index contributed by atoms with van der Waals surface area (Å²) in [6.07, 6.45) is 3.47. The number of amides is 3. The fraction of sp³-hybridized carbons (Fsp3) is 0.409. The van der Waals surface area contributed by atoms with Gasteiger partial charge in [0.25, 0.3) is 5.91 Å². The molecular formula is C22H25N3O3S. The second kappa shape index (κ2) is 8.37. The Kier molecular flexibility index (Phi) is 5.67. The van der Waals surface area contributed by atoms with Crippen molar-refractivity contribution >= 4 is 39.7 Å². The number of hydrogen-bond donors (Lipinski definition) is 2. The summed E-state index contributed by atoms with van der Waals surface area (Å²) in [7, 11) is 0. The van der Waals surface area contributed by atoms with Gasteiger partial charge in [0.1, 0.15) is 0 Å². The number of rotatable bonds is 5. The van der Waals surface area contributed by atoms with Crippen LogP contribution >= 0.6 is 11.3 Å². The van der Waals surface area contributed by atoms with Gasteiger partial charge in [-0.05, 0) is 56.4 Å². The lowest BCUT2D eigenvalue weighted by atomic mass is 9.96. The number of likely N-dealkylation sites (tertiary alicyclic amines) is 1. The van der Waals surface area contributed by atoms with E-state index in [9.17, 15) is 14.4 Å². The van der Waals surface area contributed by atoms with E-state index >= 15 is 0 Å². The second-order valence-corrected chi connectivity index (χ2v) is 8.88. The number of thiophene rings is 1. The van der Waals surface area contributed by atoms with Gasteiger partial charge in [-0.1, -0.05) is 18.2 Å². The Morgan fingerprint density at radius 2 is 1.72 bits per heavy atom. The molecular weight excluding hydrogens is 386 g/mol. The molecule has 2 fully saturated rings. The van der Waals surface area contributed by atoms with Crippen LogP contribution in [-0.4, -0.2) is 35.7 Å². The number of carbonyl (C=O) groups excluding carboxylic acids is 3. The zero-order valence-corrected chi connectivity index (χ0v) is 17.3. The third-order valence-electron chi connectivity index (χ3n) is 5.43. The lowest BCUT2D eigenvalue weighted by Gasteiger charge is -2.32. The van der Waals surface area contributed by atoms with Gasteiger partial charge >= 0.3 is 0 Å². The Morgan fingerprint density at radius 1 is 1.00 bits per heavy atom. The smallest absolute Gasteiger partial charge is 0.264 e. The lowest BCUT2D eigenvalue weighted by molar-refractivity contribution is -0.121. The van der Waals surface area contributed by atoms with Gasteiger partial charge in [0.05, 0.1) is 15.8 Å². The molecule has 29 heavy (non-hydrogen) atoms. The van der Waals surface area contributed by atoms with Gasteiger partial charge in [-0.2, -0.15) is 0 Å². The molecule has 0 bridgehead atoms. The van der Waals surface area contributed by atoms with Crippen LogP contribution in [0.1, 0.15) is 40.9 Å². The van der Waals surface area contributed by atoms with E-state index in [1.54, 1.807) is 4.90 Å². The van der Waals surface area contributed by atoms with E-state index in [1.807, 2.05) is 43.3 Å². The molecule has 4 rings (SSSR count). The highest BCUT2D eigenvalue weighted by atomic mass is 32.1. The van der Waals surface area contributed by atoms with Crippen molar-refractivity contribution in [2.75, 3.05) is 23.7 Å². The van der Waals surface area contributed by atoms with E-state index in [0.29, 0.717) is 18.0 Å². The van der Waals surface area contributed by atoms with E-state index in [0.717, 1.165) is 41.9 Å². The number of carbonyl (C=O) groups is 3. The number of benzene rings is 1. The average Bonchev–Trinajstić information content (AvgIpc) is 3.52. The average molecular weight is 412 g/mol. The highest BCUT2D eigenvalue weighted by molar-refractivity contribution is 7.18. The van der Waals surface area contributed by atoms with Crippen molar-refractivity contribution in [2.24, 2.45) is 11.8 Å². The van der Waals surface area contributed by atoms with Crippen LogP contribution in [0.4, 0.5) is 10.7 Å². The summed E-state index contributed by atoms with van der Waals surface area (Å²) in [5, 5.41) is 6.59. The van der Waals surface area contributed by atoms with Crippen LogP contribution < -0.4 is 10.6 Å². The summed E-state index contributed by atoms with van der Waals surface area (Å²) >= 11 is 1.32. The molecule has 1 aromatic carbocycles. The summed E-state index contributed by atoms with van der Waals surface area (Å²) in [6, 6.07) is 11.2. The molecule has 2 aromatic rings. The molecule has 2 aliphatic rings. The van der Waals surface area contributed by atoms with Gasteiger partial charge in [-0.25, -0.2) is 0 Å². The Balaban J connectivity index is 1.40. The largest absolute Gasteiger partial charge is 0.337 e. The lowest BCUT2D eigenvalue weighted by Crippen LogP contribution is -2.43. The first-order valence-corrected chi connectivity index (χ1v) is 10.9. The summed E-state index contributed by atoms with van der Waals surface area (Å²) < 4.78 is 0. The van der Waals surface area contributed by atoms with Crippen molar-refractivity contribution in [1.29, 1.82) is 0 Å². The number of aryl methyl sites for hydroxylation is 1. The highest BCUT2D eigenvalue weighted by Crippen LogP contribution is 2.33. The highest BCUT2D eigenvalue weighted by Gasteiger charge is 2.32. The van der Waals surface area contributed by atoms with E-state index in [4.69, 9.17) is 0 Å². The fourth-order valence-electron chi connectivity index (χ4n) is 3.61. The van der Waals surface area contributed by atoms with Gasteiger partial charge in [-0.3, -0.25) is 14.4 Å². The summed E-state index contributed by atoms with van der Waals surface area (Å²) in [5.74, 6) is -0.156. The maximum atomic E-state index is 13.1. The number of piperidine rings is 1. The van der Waals surface area contributed by atoms with Crippen LogP contribution in [0.3, 0.4) is 0 Å². The van der Waals surface area contributed by atoms with Crippen LogP contribution in [0.2, 0.25) is 0 Å². The third-order valence-corrected chi connectivity index (χ3v) is 6.57. The van der Waals surface area contributed by atoms with Crippen LogP contribution in [0.15, 0.2) is 36.4 Å². The number of anilines is 2. The minimum atomic E-state index is -0.220. The minimum Gasteiger partial charge on any atom is -0.337 e. The zero-order chi connectivity index (χ0) is 20.4. The maximum absolute atomic E-state index is 13.1. The molecule has 1 saturated carbocycles. The van der Waals surface area contributed by atoms with Gasteiger partial charge in [0.2, 0.25) is 11.8 Å². The molecule has 2 N–H and O–H groups in total. The Labute approximate surface area is 174 Å².